The van der Waals surface area contributed by atoms with E-state index in [9.17, 15) is 0 Å². The van der Waals surface area contributed by atoms with E-state index in [1.807, 2.05) is 6.92 Å². The van der Waals surface area contributed by atoms with Gasteiger partial charge in [-0.1, -0.05) is 0 Å². The lowest BCUT2D eigenvalue weighted by molar-refractivity contribution is 0.226. The van der Waals surface area contributed by atoms with E-state index in [-0.39, 0.29) is 0 Å². The Hall–Kier alpha value is -1.16. The lowest BCUT2D eigenvalue weighted by Crippen LogP contribution is -2.24. The molecule has 1 aromatic rings. The highest BCUT2D eigenvalue weighted by Crippen LogP contribution is 2.26. The fourth-order valence-electron chi connectivity index (χ4n) is 1.80. The van der Waals surface area contributed by atoms with Gasteiger partial charge >= 0.3 is 0 Å². The van der Waals surface area contributed by atoms with Crippen molar-refractivity contribution < 1.29 is 0 Å². The van der Waals surface area contributed by atoms with Gasteiger partial charge in [0.2, 0.25) is 0 Å². The lowest BCUT2D eigenvalue weighted by atomic mass is 10.2. The quantitative estimate of drug-likeness (QED) is 0.723. The minimum atomic E-state index is 0.531. The van der Waals surface area contributed by atoms with Gasteiger partial charge in [0.25, 0.3) is 0 Å². The zero-order chi connectivity index (χ0) is 10.3. The standard InChI is InChI=1S/C10H16N4/c1-6(2)14-4-8-9(5-14)12-7(3)13-10(8)11/h6H,4-5H2,1-3H3,(H2,11,12,13). The molecule has 76 valence electrons. The number of nitrogens with two attached hydrogens (primary N) is 1. The second kappa shape index (κ2) is 3.20. The summed E-state index contributed by atoms with van der Waals surface area (Å²) in [7, 11) is 0. The van der Waals surface area contributed by atoms with Crippen LogP contribution in [0.15, 0.2) is 0 Å². The molecule has 0 unspecified atom stereocenters. The zero-order valence-corrected chi connectivity index (χ0v) is 8.91. The van der Waals surface area contributed by atoms with Crippen molar-refractivity contribution in [2.75, 3.05) is 5.73 Å². The molecule has 0 atom stereocenters. The van der Waals surface area contributed by atoms with Crippen LogP contribution in [0, 0.1) is 6.92 Å². The first-order chi connectivity index (χ1) is 6.58. The van der Waals surface area contributed by atoms with E-state index in [4.69, 9.17) is 5.73 Å². The minimum absolute atomic E-state index is 0.531. The maximum Gasteiger partial charge on any atom is 0.131 e. The summed E-state index contributed by atoms with van der Waals surface area (Å²) in [6, 6.07) is 0.531. The number of aromatic nitrogens is 2. The molecule has 4 nitrogen and oxygen atoms in total. The Morgan fingerprint density at radius 2 is 2.00 bits per heavy atom. The molecule has 2 heterocycles. The summed E-state index contributed by atoms with van der Waals surface area (Å²) < 4.78 is 0. The highest BCUT2D eigenvalue weighted by molar-refractivity contribution is 5.44. The van der Waals surface area contributed by atoms with E-state index in [0.29, 0.717) is 11.9 Å². The van der Waals surface area contributed by atoms with Gasteiger partial charge in [-0.05, 0) is 20.8 Å². The molecule has 2 rings (SSSR count). The number of anilines is 1. The summed E-state index contributed by atoms with van der Waals surface area (Å²) in [6.45, 7) is 8.04. The molecule has 0 fully saturated rings. The van der Waals surface area contributed by atoms with Crippen molar-refractivity contribution in [3.05, 3.63) is 17.1 Å². The normalized spacial score (nSPS) is 16.3. The number of aryl methyl sites for hydroxylation is 1. The highest BCUT2D eigenvalue weighted by Gasteiger charge is 2.24. The van der Waals surface area contributed by atoms with Crippen molar-refractivity contribution in [3.63, 3.8) is 0 Å². The Bertz CT molecular complexity index is 359. The SMILES string of the molecule is Cc1nc(N)c2c(n1)CN(C(C)C)C2. The third-order valence-electron chi connectivity index (χ3n) is 2.68. The first kappa shape index (κ1) is 9.40. The van der Waals surface area contributed by atoms with Crippen molar-refractivity contribution >= 4 is 5.82 Å². The molecule has 0 bridgehead atoms. The van der Waals surface area contributed by atoms with Crippen LogP contribution in [0.5, 0.6) is 0 Å². The van der Waals surface area contributed by atoms with Gasteiger partial charge in [0.15, 0.2) is 0 Å². The number of nitrogen functional groups attached to an aromatic ring is 1. The van der Waals surface area contributed by atoms with Crippen molar-refractivity contribution in [1.82, 2.24) is 14.9 Å². The number of fused-ring (bicyclic) bond motifs is 1. The van der Waals surface area contributed by atoms with E-state index in [1.165, 1.54) is 0 Å². The summed E-state index contributed by atoms with van der Waals surface area (Å²) in [5.41, 5.74) is 8.07. The molecule has 0 radical (unpaired) electrons. The van der Waals surface area contributed by atoms with Gasteiger partial charge in [-0.3, -0.25) is 4.90 Å². The zero-order valence-electron chi connectivity index (χ0n) is 8.91. The average molecular weight is 192 g/mol. The number of hydrogen-bond acceptors (Lipinski definition) is 4. The molecule has 0 aromatic carbocycles. The largest absolute Gasteiger partial charge is 0.383 e. The van der Waals surface area contributed by atoms with Crippen molar-refractivity contribution in [3.8, 4) is 0 Å². The van der Waals surface area contributed by atoms with Gasteiger partial charge in [0.1, 0.15) is 11.6 Å². The van der Waals surface area contributed by atoms with Gasteiger partial charge in [0.05, 0.1) is 5.69 Å². The molecule has 4 heteroatoms. The van der Waals surface area contributed by atoms with Gasteiger partial charge in [0, 0.05) is 24.7 Å². The fourth-order valence-corrected chi connectivity index (χ4v) is 1.80. The third kappa shape index (κ3) is 1.46. The first-order valence-electron chi connectivity index (χ1n) is 4.94. The Morgan fingerprint density at radius 3 is 2.64 bits per heavy atom. The van der Waals surface area contributed by atoms with Gasteiger partial charge < -0.3 is 5.73 Å². The second-order valence-electron chi connectivity index (χ2n) is 4.08. The van der Waals surface area contributed by atoms with Crippen LogP contribution in [0.2, 0.25) is 0 Å². The van der Waals surface area contributed by atoms with Crippen LogP contribution in [0.4, 0.5) is 5.82 Å². The Labute approximate surface area is 84.2 Å². The van der Waals surface area contributed by atoms with E-state index in [0.717, 1.165) is 30.2 Å². The summed E-state index contributed by atoms with van der Waals surface area (Å²) in [6.07, 6.45) is 0. The lowest BCUT2D eigenvalue weighted by Gasteiger charge is -2.18. The molecule has 0 aliphatic carbocycles. The molecule has 0 spiro atoms. The molecule has 1 aromatic heterocycles. The first-order valence-corrected chi connectivity index (χ1v) is 4.94. The molecule has 0 saturated heterocycles. The predicted molar refractivity (Wildman–Crippen MR) is 55.6 cm³/mol. The average Bonchev–Trinajstić information content (AvgIpc) is 2.47. The van der Waals surface area contributed by atoms with Crippen LogP contribution in [-0.2, 0) is 13.1 Å². The molecular formula is C10H16N4. The predicted octanol–water partition coefficient (Wildman–Crippen LogP) is 1.09. The molecule has 0 amide bonds. The minimum Gasteiger partial charge on any atom is -0.383 e. The van der Waals surface area contributed by atoms with Crippen molar-refractivity contribution in [2.24, 2.45) is 0 Å². The molecule has 0 saturated carbocycles. The fraction of sp³-hybridized carbons (Fsp3) is 0.600. The van der Waals surface area contributed by atoms with E-state index < -0.39 is 0 Å². The van der Waals surface area contributed by atoms with Crippen molar-refractivity contribution in [2.45, 2.75) is 39.9 Å². The summed E-state index contributed by atoms with van der Waals surface area (Å²) in [5.74, 6) is 1.42. The summed E-state index contributed by atoms with van der Waals surface area (Å²) >= 11 is 0. The Kier molecular flexibility index (Phi) is 2.15. The molecule has 1 aliphatic rings. The third-order valence-corrected chi connectivity index (χ3v) is 2.68. The second-order valence-corrected chi connectivity index (χ2v) is 4.08. The van der Waals surface area contributed by atoms with Crippen LogP contribution in [0.1, 0.15) is 30.9 Å². The maximum absolute atomic E-state index is 5.86. The van der Waals surface area contributed by atoms with Gasteiger partial charge in [-0.15, -0.1) is 0 Å². The van der Waals surface area contributed by atoms with Crippen molar-refractivity contribution in [1.29, 1.82) is 0 Å². The molecule has 14 heavy (non-hydrogen) atoms. The highest BCUT2D eigenvalue weighted by atomic mass is 15.2. The number of rotatable bonds is 1. The van der Waals surface area contributed by atoms with E-state index in [1.54, 1.807) is 0 Å². The Morgan fingerprint density at radius 1 is 1.29 bits per heavy atom. The van der Waals surface area contributed by atoms with Crippen LogP contribution >= 0.6 is 0 Å². The molecular weight excluding hydrogens is 176 g/mol. The van der Waals surface area contributed by atoms with Gasteiger partial charge in [-0.25, -0.2) is 9.97 Å². The number of nitrogens with zero attached hydrogens (tertiary/aromatic N) is 3. The maximum atomic E-state index is 5.86. The Balaban J connectivity index is 2.35. The summed E-state index contributed by atoms with van der Waals surface area (Å²) in [4.78, 5) is 10.9. The monoisotopic (exact) mass is 192 g/mol. The number of hydrogen-bond donors (Lipinski definition) is 1. The molecule has 2 N–H and O–H groups in total. The summed E-state index contributed by atoms with van der Waals surface area (Å²) in [5, 5.41) is 0. The van der Waals surface area contributed by atoms with E-state index >= 15 is 0 Å². The molecule has 1 aliphatic heterocycles. The van der Waals surface area contributed by atoms with Crippen LogP contribution in [-0.4, -0.2) is 20.9 Å². The van der Waals surface area contributed by atoms with Crippen LogP contribution in [0.3, 0.4) is 0 Å². The van der Waals surface area contributed by atoms with Gasteiger partial charge in [-0.2, -0.15) is 0 Å². The van der Waals surface area contributed by atoms with Crippen LogP contribution in [0.25, 0.3) is 0 Å². The topological polar surface area (TPSA) is 55.0 Å². The van der Waals surface area contributed by atoms with Crippen LogP contribution < -0.4 is 5.73 Å². The smallest absolute Gasteiger partial charge is 0.131 e. The van der Waals surface area contributed by atoms with E-state index in [2.05, 4.69) is 28.7 Å².